The van der Waals surface area contributed by atoms with E-state index in [4.69, 9.17) is 5.73 Å². The number of hydrogen-bond acceptors (Lipinski definition) is 3. The van der Waals surface area contributed by atoms with Crippen LogP contribution in [-0.2, 0) is 13.1 Å². The number of amides is 1. The van der Waals surface area contributed by atoms with E-state index in [2.05, 4.69) is 46.2 Å². The number of nitrogens with two attached hydrogens (primary N) is 1. The van der Waals surface area contributed by atoms with Gasteiger partial charge in [-0.25, -0.2) is 9.13 Å². The fourth-order valence-corrected chi connectivity index (χ4v) is 4.01. The summed E-state index contributed by atoms with van der Waals surface area (Å²) in [5.74, 6) is 1.23. The fraction of sp³-hybridized carbons (Fsp3) is 0.600. The van der Waals surface area contributed by atoms with Crippen LogP contribution in [0.4, 0.5) is 0 Å². The SMILES string of the molecule is CCn1c(C)[n+](CC)c2ccc(C(=O)NCCN3CCC(N)CC3)cc21. The van der Waals surface area contributed by atoms with Crippen LogP contribution in [-0.4, -0.2) is 47.6 Å². The number of fused-ring (bicyclic) bond motifs is 1. The van der Waals surface area contributed by atoms with Crippen molar-refractivity contribution in [2.24, 2.45) is 5.73 Å². The number of likely N-dealkylation sites (tertiary alicyclic amines) is 1. The highest BCUT2D eigenvalue weighted by atomic mass is 16.1. The largest absolute Gasteiger partial charge is 0.351 e. The van der Waals surface area contributed by atoms with Gasteiger partial charge in [-0.1, -0.05) is 0 Å². The second kappa shape index (κ2) is 8.18. The van der Waals surface area contributed by atoms with Crippen molar-refractivity contribution < 1.29 is 9.36 Å². The predicted molar refractivity (Wildman–Crippen MR) is 104 cm³/mol. The quantitative estimate of drug-likeness (QED) is 0.768. The van der Waals surface area contributed by atoms with Gasteiger partial charge in [-0.05, 0) is 51.9 Å². The standard InChI is InChI=1S/C20H31N5O/c1-4-24-15(3)25(5-2)19-14-16(6-7-18(19)24)20(26)22-10-13-23-11-8-17(21)9-12-23/h6-7,14,17H,4-5,8-13,21H2,1-3H3/p+1. The number of aromatic nitrogens is 2. The molecule has 6 heteroatoms. The predicted octanol–water partition coefficient (Wildman–Crippen LogP) is 1.43. The number of nitrogens with one attached hydrogen (secondary N) is 1. The van der Waals surface area contributed by atoms with E-state index >= 15 is 0 Å². The number of imidazole rings is 1. The van der Waals surface area contributed by atoms with Crippen LogP contribution in [0.3, 0.4) is 0 Å². The number of carbonyl (C=O) groups is 1. The molecule has 26 heavy (non-hydrogen) atoms. The molecule has 0 bridgehead atoms. The summed E-state index contributed by atoms with van der Waals surface area (Å²) in [4.78, 5) is 15.0. The highest BCUT2D eigenvalue weighted by molar-refractivity contribution is 5.97. The van der Waals surface area contributed by atoms with Crippen LogP contribution < -0.4 is 15.6 Å². The van der Waals surface area contributed by atoms with Crippen LogP contribution in [0.1, 0.15) is 42.9 Å². The molecule has 2 heterocycles. The molecule has 1 saturated heterocycles. The van der Waals surface area contributed by atoms with Gasteiger partial charge in [-0.2, -0.15) is 0 Å². The van der Waals surface area contributed by atoms with Gasteiger partial charge in [-0.3, -0.25) is 4.79 Å². The van der Waals surface area contributed by atoms with Gasteiger partial charge in [0.1, 0.15) is 0 Å². The van der Waals surface area contributed by atoms with E-state index in [9.17, 15) is 4.79 Å². The lowest BCUT2D eigenvalue weighted by Gasteiger charge is -2.29. The molecule has 1 aliphatic rings. The number of piperidine rings is 1. The Balaban J connectivity index is 1.67. The number of nitrogens with zero attached hydrogens (tertiary/aromatic N) is 3. The molecular weight excluding hydrogens is 326 g/mol. The number of rotatable bonds is 6. The number of aryl methyl sites for hydroxylation is 2. The van der Waals surface area contributed by atoms with Crippen LogP contribution in [0.5, 0.6) is 0 Å². The molecule has 1 aromatic heterocycles. The van der Waals surface area contributed by atoms with Gasteiger partial charge in [0.25, 0.3) is 11.7 Å². The summed E-state index contributed by atoms with van der Waals surface area (Å²) in [5.41, 5.74) is 8.99. The van der Waals surface area contributed by atoms with Crippen molar-refractivity contribution in [2.75, 3.05) is 26.2 Å². The minimum atomic E-state index is 0.00478. The van der Waals surface area contributed by atoms with Crippen molar-refractivity contribution in [1.82, 2.24) is 14.8 Å². The Labute approximate surface area is 156 Å². The zero-order valence-corrected chi connectivity index (χ0v) is 16.3. The summed E-state index contributed by atoms with van der Waals surface area (Å²) in [7, 11) is 0. The third-order valence-corrected chi connectivity index (χ3v) is 5.58. The van der Waals surface area contributed by atoms with Crippen LogP contribution in [0.2, 0.25) is 0 Å². The number of hydrogen-bond donors (Lipinski definition) is 2. The van der Waals surface area contributed by atoms with Crippen LogP contribution >= 0.6 is 0 Å². The molecule has 3 rings (SSSR count). The summed E-state index contributed by atoms with van der Waals surface area (Å²) >= 11 is 0. The average Bonchev–Trinajstić information content (AvgIpc) is 2.92. The van der Waals surface area contributed by atoms with Gasteiger partial charge in [0.15, 0.2) is 11.0 Å². The van der Waals surface area contributed by atoms with Crippen molar-refractivity contribution in [3.63, 3.8) is 0 Å². The molecule has 0 spiro atoms. The molecule has 0 saturated carbocycles. The van der Waals surface area contributed by atoms with Crippen molar-refractivity contribution in [3.05, 3.63) is 29.6 Å². The molecule has 0 aliphatic carbocycles. The summed E-state index contributed by atoms with van der Waals surface area (Å²) in [5, 5.41) is 3.07. The molecule has 142 valence electrons. The molecule has 0 radical (unpaired) electrons. The Morgan fingerprint density at radius 1 is 1.31 bits per heavy atom. The van der Waals surface area contributed by atoms with E-state index in [1.165, 1.54) is 11.3 Å². The Morgan fingerprint density at radius 2 is 2.04 bits per heavy atom. The van der Waals surface area contributed by atoms with Crippen LogP contribution in [0.25, 0.3) is 11.0 Å². The Bertz CT molecular complexity index is 774. The first kappa shape index (κ1) is 18.9. The summed E-state index contributed by atoms with van der Waals surface area (Å²) in [6.07, 6.45) is 2.10. The maximum absolute atomic E-state index is 12.6. The topological polar surface area (TPSA) is 67.2 Å². The smallest absolute Gasteiger partial charge is 0.254 e. The zero-order valence-electron chi connectivity index (χ0n) is 16.3. The molecule has 1 aliphatic heterocycles. The molecule has 0 unspecified atom stereocenters. The molecule has 6 nitrogen and oxygen atoms in total. The summed E-state index contributed by atoms with van der Waals surface area (Å²) in [6.45, 7) is 11.9. The molecule has 0 atom stereocenters. The van der Waals surface area contributed by atoms with Crippen LogP contribution in [0.15, 0.2) is 18.2 Å². The fourth-order valence-electron chi connectivity index (χ4n) is 4.01. The monoisotopic (exact) mass is 358 g/mol. The first-order valence-electron chi connectivity index (χ1n) is 9.84. The summed E-state index contributed by atoms with van der Waals surface area (Å²) < 4.78 is 4.56. The minimum Gasteiger partial charge on any atom is -0.351 e. The van der Waals surface area contributed by atoms with Gasteiger partial charge in [-0.15, -0.1) is 0 Å². The highest BCUT2D eigenvalue weighted by Crippen LogP contribution is 2.17. The number of carbonyl (C=O) groups excluding carboxylic acids is 1. The van der Waals surface area contributed by atoms with Crippen LogP contribution in [0, 0.1) is 6.92 Å². The minimum absolute atomic E-state index is 0.00478. The lowest BCUT2D eigenvalue weighted by atomic mass is 10.1. The lowest BCUT2D eigenvalue weighted by Crippen LogP contribution is -2.43. The van der Waals surface area contributed by atoms with E-state index in [1.807, 2.05) is 12.1 Å². The molecular formula is C20H32N5O+. The second-order valence-electron chi connectivity index (χ2n) is 7.17. The maximum atomic E-state index is 12.6. The van der Waals surface area contributed by atoms with Gasteiger partial charge < -0.3 is 16.0 Å². The first-order chi connectivity index (χ1) is 12.5. The molecule has 1 amide bonds. The molecule has 3 N–H and O–H groups in total. The Kier molecular flexibility index (Phi) is 5.94. The third kappa shape index (κ3) is 3.76. The molecule has 1 fully saturated rings. The van der Waals surface area contributed by atoms with E-state index in [0.717, 1.165) is 56.6 Å². The first-order valence-corrected chi connectivity index (χ1v) is 9.84. The maximum Gasteiger partial charge on any atom is 0.254 e. The van der Waals surface area contributed by atoms with E-state index in [1.54, 1.807) is 0 Å². The van der Waals surface area contributed by atoms with Gasteiger partial charge in [0.05, 0.1) is 13.1 Å². The van der Waals surface area contributed by atoms with Gasteiger partial charge >= 0.3 is 0 Å². The molecule has 2 aromatic rings. The van der Waals surface area contributed by atoms with Gasteiger partial charge in [0.2, 0.25) is 0 Å². The van der Waals surface area contributed by atoms with E-state index in [-0.39, 0.29) is 5.91 Å². The van der Waals surface area contributed by atoms with Crippen molar-refractivity contribution in [1.29, 1.82) is 0 Å². The lowest BCUT2D eigenvalue weighted by molar-refractivity contribution is -0.674. The summed E-state index contributed by atoms with van der Waals surface area (Å²) in [6, 6.07) is 6.37. The average molecular weight is 359 g/mol. The van der Waals surface area contributed by atoms with Gasteiger partial charge in [0, 0.05) is 37.7 Å². The van der Waals surface area contributed by atoms with E-state index in [0.29, 0.717) is 12.6 Å². The van der Waals surface area contributed by atoms with Crippen molar-refractivity contribution in [3.8, 4) is 0 Å². The second-order valence-corrected chi connectivity index (χ2v) is 7.17. The highest BCUT2D eigenvalue weighted by Gasteiger charge is 2.21. The Morgan fingerprint density at radius 3 is 2.69 bits per heavy atom. The Hall–Kier alpha value is -1.92. The van der Waals surface area contributed by atoms with Crippen molar-refractivity contribution in [2.45, 2.75) is 52.7 Å². The zero-order chi connectivity index (χ0) is 18.7. The number of benzene rings is 1. The molecule has 1 aromatic carbocycles. The normalized spacial score (nSPS) is 16.3. The third-order valence-electron chi connectivity index (χ3n) is 5.58. The van der Waals surface area contributed by atoms with E-state index < -0.39 is 0 Å². The van der Waals surface area contributed by atoms with Crippen molar-refractivity contribution >= 4 is 16.9 Å².